The number of amides is 2. The quantitative estimate of drug-likeness (QED) is 0.775. The first kappa shape index (κ1) is 18.9. The number of carbonyl (C=O) groups is 2. The highest BCUT2D eigenvalue weighted by atomic mass is 32.2. The number of para-hydroxylation sites is 2. The maximum absolute atomic E-state index is 12.6. The molecule has 1 aliphatic carbocycles. The van der Waals surface area contributed by atoms with E-state index >= 15 is 0 Å². The van der Waals surface area contributed by atoms with E-state index in [9.17, 15) is 9.59 Å². The van der Waals surface area contributed by atoms with E-state index in [1.165, 1.54) is 0 Å². The Kier molecular flexibility index (Phi) is 5.57. The van der Waals surface area contributed by atoms with Crippen LogP contribution in [-0.2, 0) is 9.59 Å². The molecule has 0 spiro atoms. The minimum atomic E-state index is -0.106. The van der Waals surface area contributed by atoms with Gasteiger partial charge in [0.05, 0.1) is 18.0 Å². The fourth-order valence-corrected chi connectivity index (χ4v) is 4.68. The van der Waals surface area contributed by atoms with E-state index in [2.05, 4.69) is 5.32 Å². The molecule has 2 aromatic rings. The number of hydrogen-bond acceptors (Lipinski definition) is 4. The molecule has 28 heavy (non-hydrogen) atoms. The zero-order chi connectivity index (χ0) is 19.5. The van der Waals surface area contributed by atoms with Crippen LogP contribution in [0.2, 0.25) is 0 Å². The van der Waals surface area contributed by atoms with Gasteiger partial charge in [-0.05, 0) is 49.6 Å². The van der Waals surface area contributed by atoms with Crippen LogP contribution in [0.4, 0.5) is 11.4 Å². The van der Waals surface area contributed by atoms with Crippen LogP contribution in [0.1, 0.15) is 37.1 Å². The molecule has 1 saturated heterocycles. The van der Waals surface area contributed by atoms with Crippen molar-refractivity contribution in [1.29, 1.82) is 0 Å². The van der Waals surface area contributed by atoms with Gasteiger partial charge in [-0.25, -0.2) is 0 Å². The average molecular weight is 397 g/mol. The topological polar surface area (TPSA) is 58.6 Å². The molecule has 2 fully saturated rings. The summed E-state index contributed by atoms with van der Waals surface area (Å²) >= 11 is 1.60. The van der Waals surface area contributed by atoms with Crippen molar-refractivity contribution >= 4 is 35.0 Å². The molecule has 146 valence electrons. The number of rotatable bonds is 6. The molecule has 1 aliphatic heterocycles. The molecule has 6 heteroatoms. The molecule has 1 heterocycles. The van der Waals surface area contributed by atoms with Gasteiger partial charge in [0.1, 0.15) is 11.1 Å². The molecular formula is C22H24N2O3S. The third kappa shape index (κ3) is 3.74. The Bertz CT molecular complexity index is 864. The highest BCUT2D eigenvalue weighted by molar-refractivity contribution is 8.00. The lowest BCUT2D eigenvalue weighted by Gasteiger charge is -2.26. The van der Waals surface area contributed by atoms with E-state index < -0.39 is 0 Å². The number of benzene rings is 2. The van der Waals surface area contributed by atoms with Crippen LogP contribution in [-0.4, -0.2) is 24.2 Å². The summed E-state index contributed by atoms with van der Waals surface area (Å²) in [4.78, 5) is 26.6. The fraction of sp³-hybridized carbons (Fsp3) is 0.364. The molecule has 0 bridgehead atoms. The predicted octanol–water partition coefficient (Wildman–Crippen LogP) is 4.60. The Morgan fingerprint density at radius 2 is 1.93 bits per heavy atom. The molecule has 1 unspecified atom stereocenters. The summed E-state index contributed by atoms with van der Waals surface area (Å²) < 4.78 is 5.73. The van der Waals surface area contributed by atoms with E-state index in [-0.39, 0.29) is 23.1 Å². The Morgan fingerprint density at radius 1 is 1.18 bits per heavy atom. The van der Waals surface area contributed by atoms with Crippen molar-refractivity contribution < 1.29 is 14.3 Å². The Labute approximate surface area is 169 Å². The number of nitrogens with one attached hydrogen (secondary N) is 1. The summed E-state index contributed by atoms with van der Waals surface area (Å²) in [7, 11) is 0. The third-order valence-electron chi connectivity index (χ3n) is 5.23. The van der Waals surface area contributed by atoms with Gasteiger partial charge in [-0.1, -0.05) is 30.7 Å². The molecular weight excluding hydrogens is 372 g/mol. The first-order valence-corrected chi connectivity index (χ1v) is 10.8. The van der Waals surface area contributed by atoms with Crippen molar-refractivity contribution in [1.82, 2.24) is 0 Å². The second kappa shape index (κ2) is 8.27. The van der Waals surface area contributed by atoms with Crippen LogP contribution in [0.15, 0.2) is 48.5 Å². The van der Waals surface area contributed by atoms with E-state index in [1.54, 1.807) is 11.8 Å². The lowest BCUT2D eigenvalue weighted by atomic mass is 9.85. The Balaban J connectivity index is 1.54. The molecule has 2 aromatic carbocycles. The molecule has 5 nitrogen and oxygen atoms in total. The van der Waals surface area contributed by atoms with Gasteiger partial charge < -0.3 is 10.1 Å². The van der Waals surface area contributed by atoms with Gasteiger partial charge >= 0.3 is 0 Å². The Hall–Kier alpha value is -2.47. The first-order chi connectivity index (χ1) is 13.7. The van der Waals surface area contributed by atoms with Gasteiger partial charge in [0, 0.05) is 11.6 Å². The van der Waals surface area contributed by atoms with Gasteiger partial charge in [0.2, 0.25) is 11.8 Å². The van der Waals surface area contributed by atoms with Gasteiger partial charge in [-0.3, -0.25) is 14.5 Å². The molecule has 1 saturated carbocycles. The van der Waals surface area contributed by atoms with Gasteiger partial charge in [-0.15, -0.1) is 11.8 Å². The average Bonchev–Trinajstić information content (AvgIpc) is 3.03. The summed E-state index contributed by atoms with van der Waals surface area (Å²) in [6, 6.07) is 15.5. The summed E-state index contributed by atoms with van der Waals surface area (Å²) in [5, 5.41) is 2.89. The molecule has 0 radical (unpaired) electrons. The molecule has 1 N–H and O–H groups in total. The first-order valence-electron chi connectivity index (χ1n) is 9.73. The van der Waals surface area contributed by atoms with Gasteiger partial charge in [0.15, 0.2) is 0 Å². The minimum Gasteiger partial charge on any atom is -0.492 e. The lowest BCUT2D eigenvalue weighted by Crippen LogP contribution is -2.28. The number of thioether (sulfide) groups is 1. The molecule has 4 rings (SSSR count). The largest absolute Gasteiger partial charge is 0.492 e. The van der Waals surface area contributed by atoms with Crippen LogP contribution in [0.3, 0.4) is 0 Å². The van der Waals surface area contributed by atoms with Crippen LogP contribution in [0.5, 0.6) is 5.75 Å². The maximum Gasteiger partial charge on any atom is 0.238 e. The van der Waals surface area contributed by atoms with Crippen molar-refractivity contribution in [3.8, 4) is 5.75 Å². The van der Waals surface area contributed by atoms with Gasteiger partial charge in [-0.2, -0.15) is 0 Å². The van der Waals surface area contributed by atoms with Gasteiger partial charge in [0.25, 0.3) is 0 Å². The number of hydrogen-bond donors (Lipinski definition) is 1. The molecule has 2 amide bonds. The molecule has 0 aromatic heterocycles. The third-order valence-corrected chi connectivity index (χ3v) is 6.44. The van der Waals surface area contributed by atoms with Crippen molar-refractivity contribution in [3.63, 3.8) is 0 Å². The summed E-state index contributed by atoms with van der Waals surface area (Å²) in [5.74, 6) is 1.50. The van der Waals surface area contributed by atoms with E-state index in [0.717, 1.165) is 42.0 Å². The van der Waals surface area contributed by atoms with Crippen molar-refractivity contribution in [2.24, 2.45) is 5.92 Å². The SMILES string of the molecule is CCOc1ccccc1N1C(=O)CSC1c1ccc(NC(=O)C2CCC2)cc1. The predicted molar refractivity (Wildman–Crippen MR) is 113 cm³/mol. The van der Waals surface area contributed by atoms with E-state index in [4.69, 9.17) is 4.74 Å². The normalized spacial score (nSPS) is 19.4. The van der Waals surface area contributed by atoms with Crippen LogP contribution in [0, 0.1) is 5.92 Å². The zero-order valence-corrected chi connectivity index (χ0v) is 16.7. The minimum absolute atomic E-state index is 0.0736. The van der Waals surface area contributed by atoms with E-state index in [0.29, 0.717) is 12.4 Å². The van der Waals surface area contributed by atoms with Crippen molar-refractivity contribution in [2.45, 2.75) is 31.6 Å². The van der Waals surface area contributed by atoms with Crippen LogP contribution >= 0.6 is 11.8 Å². The molecule has 2 aliphatic rings. The van der Waals surface area contributed by atoms with Crippen molar-refractivity contribution in [2.75, 3.05) is 22.6 Å². The van der Waals surface area contributed by atoms with Crippen LogP contribution in [0.25, 0.3) is 0 Å². The monoisotopic (exact) mass is 396 g/mol. The second-order valence-electron chi connectivity index (χ2n) is 7.07. The molecule has 1 atom stereocenters. The number of carbonyl (C=O) groups excluding carboxylic acids is 2. The highest BCUT2D eigenvalue weighted by Gasteiger charge is 2.35. The fourth-order valence-electron chi connectivity index (χ4n) is 3.51. The number of nitrogens with zero attached hydrogens (tertiary/aromatic N) is 1. The second-order valence-corrected chi connectivity index (χ2v) is 8.14. The zero-order valence-electron chi connectivity index (χ0n) is 15.9. The highest BCUT2D eigenvalue weighted by Crippen LogP contribution is 2.45. The Morgan fingerprint density at radius 3 is 2.61 bits per heavy atom. The summed E-state index contributed by atoms with van der Waals surface area (Å²) in [5.41, 5.74) is 2.63. The standard InChI is InChI=1S/C22H24N2O3S/c1-2-27-19-9-4-3-8-18(19)24-20(25)14-28-22(24)16-10-12-17(13-11-16)23-21(26)15-6-5-7-15/h3-4,8-13,15,22H,2,5-7,14H2,1H3,(H,23,26). The van der Waals surface area contributed by atoms with Crippen molar-refractivity contribution in [3.05, 3.63) is 54.1 Å². The van der Waals surface area contributed by atoms with Crippen LogP contribution < -0.4 is 15.0 Å². The van der Waals surface area contributed by atoms with E-state index in [1.807, 2.05) is 60.4 Å². The summed E-state index contributed by atoms with van der Waals surface area (Å²) in [6.45, 7) is 2.48. The smallest absolute Gasteiger partial charge is 0.238 e. The number of ether oxygens (including phenoxy) is 1. The number of anilines is 2. The lowest BCUT2D eigenvalue weighted by molar-refractivity contribution is -0.122. The maximum atomic E-state index is 12.6. The summed E-state index contributed by atoms with van der Waals surface area (Å²) in [6.07, 6.45) is 3.11.